The van der Waals surface area contributed by atoms with Crippen LogP contribution in [0.15, 0.2) is 30.5 Å². The van der Waals surface area contributed by atoms with Gasteiger partial charge < -0.3 is 5.32 Å². The zero-order valence-corrected chi connectivity index (χ0v) is 13.2. The van der Waals surface area contributed by atoms with Crippen molar-refractivity contribution in [2.24, 2.45) is 0 Å². The lowest BCUT2D eigenvalue weighted by molar-refractivity contribution is 0.419. The molecular formula is C17H25N3. The van der Waals surface area contributed by atoms with Crippen LogP contribution in [0.2, 0.25) is 0 Å². The molecule has 108 valence electrons. The Morgan fingerprint density at radius 3 is 2.35 bits per heavy atom. The first-order valence-corrected chi connectivity index (χ1v) is 7.17. The van der Waals surface area contributed by atoms with E-state index in [1.54, 1.807) is 0 Å². The van der Waals surface area contributed by atoms with Crippen LogP contribution in [0.3, 0.4) is 0 Å². The molecule has 0 amide bonds. The highest BCUT2D eigenvalue weighted by Crippen LogP contribution is 2.14. The lowest BCUT2D eigenvalue weighted by Gasteiger charge is -2.19. The molecule has 0 unspecified atom stereocenters. The second kappa shape index (κ2) is 5.80. The van der Waals surface area contributed by atoms with Crippen molar-refractivity contribution in [3.05, 3.63) is 52.8 Å². The number of aromatic nitrogens is 2. The van der Waals surface area contributed by atoms with Gasteiger partial charge in [0.15, 0.2) is 0 Å². The molecule has 1 N–H and O–H groups in total. The molecule has 0 saturated carbocycles. The highest BCUT2D eigenvalue weighted by Gasteiger charge is 2.10. The maximum Gasteiger partial charge on any atom is 0.0762 e. The number of hydrogen-bond donors (Lipinski definition) is 1. The lowest BCUT2D eigenvalue weighted by Crippen LogP contribution is -2.35. The van der Waals surface area contributed by atoms with Gasteiger partial charge >= 0.3 is 0 Å². The SMILES string of the molecule is Cc1cccc(C)c1Cn1ccc(CNC(C)(C)C)n1. The molecule has 0 aliphatic rings. The van der Waals surface area contributed by atoms with E-state index in [2.05, 4.69) is 75.5 Å². The lowest BCUT2D eigenvalue weighted by atomic mass is 10.0. The summed E-state index contributed by atoms with van der Waals surface area (Å²) in [6, 6.07) is 8.52. The minimum Gasteiger partial charge on any atom is -0.306 e. The highest BCUT2D eigenvalue weighted by molar-refractivity contribution is 5.33. The Morgan fingerprint density at radius 1 is 1.10 bits per heavy atom. The fourth-order valence-corrected chi connectivity index (χ4v) is 2.20. The van der Waals surface area contributed by atoms with Crippen LogP contribution in [0.1, 0.15) is 43.2 Å². The fraction of sp³-hybridized carbons (Fsp3) is 0.471. The minimum atomic E-state index is 0.121. The van der Waals surface area contributed by atoms with E-state index in [0.29, 0.717) is 0 Å². The maximum atomic E-state index is 4.64. The van der Waals surface area contributed by atoms with Crippen LogP contribution >= 0.6 is 0 Å². The molecule has 0 aliphatic heterocycles. The van der Waals surface area contributed by atoms with Crippen molar-refractivity contribution in [2.75, 3.05) is 0 Å². The van der Waals surface area contributed by atoms with Crippen LogP contribution in [0.5, 0.6) is 0 Å². The summed E-state index contributed by atoms with van der Waals surface area (Å²) in [4.78, 5) is 0. The second-order valence-electron chi connectivity index (χ2n) is 6.48. The average molecular weight is 271 g/mol. The number of benzene rings is 1. The summed E-state index contributed by atoms with van der Waals surface area (Å²) >= 11 is 0. The third-order valence-electron chi connectivity index (χ3n) is 3.46. The maximum absolute atomic E-state index is 4.64. The predicted octanol–water partition coefficient (Wildman–Crippen LogP) is 3.44. The van der Waals surface area contributed by atoms with Gasteiger partial charge in [0, 0.05) is 18.3 Å². The molecule has 0 aliphatic carbocycles. The summed E-state index contributed by atoms with van der Waals surface area (Å²) in [6.07, 6.45) is 2.06. The molecule has 0 atom stereocenters. The molecule has 3 heteroatoms. The molecule has 1 heterocycles. The van der Waals surface area contributed by atoms with E-state index in [1.165, 1.54) is 16.7 Å². The van der Waals surface area contributed by atoms with Gasteiger partial charge in [0.25, 0.3) is 0 Å². The quantitative estimate of drug-likeness (QED) is 0.923. The Balaban J connectivity index is 2.06. The van der Waals surface area contributed by atoms with E-state index in [1.807, 2.05) is 4.68 Å². The highest BCUT2D eigenvalue weighted by atomic mass is 15.3. The zero-order valence-electron chi connectivity index (χ0n) is 13.2. The summed E-state index contributed by atoms with van der Waals surface area (Å²) in [5.41, 5.74) is 5.23. The summed E-state index contributed by atoms with van der Waals surface area (Å²) in [5, 5.41) is 8.11. The topological polar surface area (TPSA) is 29.9 Å². The average Bonchev–Trinajstić information content (AvgIpc) is 2.79. The molecule has 0 radical (unpaired) electrons. The predicted molar refractivity (Wildman–Crippen MR) is 83.8 cm³/mol. The van der Waals surface area contributed by atoms with Crippen molar-refractivity contribution in [3.8, 4) is 0 Å². The van der Waals surface area contributed by atoms with Crippen molar-refractivity contribution in [1.29, 1.82) is 0 Å². The van der Waals surface area contributed by atoms with Crippen molar-refractivity contribution >= 4 is 0 Å². The summed E-state index contributed by atoms with van der Waals surface area (Å²) in [7, 11) is 0. The summed E-state index contributed by atoms with van der Waals surface area (Å²) < 4.78 is 2.02. The fourth-order valence-electron chi connectivity index (χ4n) is 2.20. The van der Waals surface area contributed by atoms with Gasteiger partial charge in [0.05, 0.1) is 12.2 Å². The van der Waals surface area contributed by atoms with Crippen molar-refractivity contribution in [2.45, 2.75) is 53.2 Å². The standard InChI is InChI=1S/C17H25N3/c1-13-7-6-8-14(2)16(13)12-20-10-9-15(19-20)11-18-17(3,4)5/h6-10,18H,11-12H2,1-5H3. The Bertz CT molecular complexity index is 556. The van der Waals surface area contributed by atoms with Crippen LogP contribution in [0.25, 0.3) is 0 Å². The van der Waals surface area contributed by atoms with Crippen LogP contribution in [-0.4, -0.2) is 15.3 Å². The monoisotopic (exact) mass is 271 g/mol. The molecule has 0 bridgehead atoms. The Morgan fingerprint density at radius 2 is 1.75 bits per heavy atom. The molecule has 1 aromatic carbocycles. The summed E-state index contributed by atoms with van der Waals surface area (Å²) in [6.45, 7) is 12.5. The first kappa shape index (κ1) is 14.8. The Labute approximate surface area is 122 Å². The van der Waals surface area contributed by atoms with Gasteiger partial charge in [-0.2, -0.15) is 5.10 Å². The van der Waals surface area contributed by atoms with Gasteiger partial charge in [0.2, 0.25) is 0 Å². The van der Waals surface area contributed by atoms with Crippen molar-refractivity contribution in [1.82, 2.24) is 15.1 Å². The van der Waals surface area contributed by atoms with Crippen LogP contribution < -0.4 is 5.32 Å². The molecule has 0 fully saturated rings. The number of hydrogen-bond acceptors (Lipinski definition) is 2. The summed E-state index contributed by atoms with van der Waals surface area (Å²) in [5.74, 6) is 0. The molecule has 0 saturated heterocycles. The smallest absolute Gasteiger partial charge is 0.0762 e. The molecule has 2 rings (SSSR count). The van der Waals surface area contributed by atoms with Gasteiger partial charge in [-0.05, 0) is 57.4 Å². The number of nitrogens with zero attached hydrogens (tertiary/aromatic N) is 2. The van der Waals surface area contributed by atoms with E-state index >= 15 is 0 Å². The van der Waals surface area contributed by atoms with E-state index in [-0.39, 0.29) is 5.54 Å². The Hall–Kier alpha value is -1.61. The van der Waals surface area contributed by atoms with Gasteiger partial charge in [-0.3, -0.25) is 4.68 Å². The second-order valence-corrected chi connectivity index (χ2v) is 6.48. The first-order valence-electron chi connectivity index (χ1n) is 7.17. The Kier molecular flexibility index (Phi) is 4.29. The molecule has 2 aromatic rings. The van der Waals surface area contributed by atoms with E-state index in [4.69, 9.17) is 0 Å². The van der Waals surface area contributed by atoms with Crippen molar-refractivity contribution < 1.29 is 0 Å². The van der Waals surface area contributed by atoms with Crippen LogP contribution in [0, 0.1) is 13.8 Å². The van der Waals surface area contributed by atoms with Gasteiger partial charge in [0.1, 0.15) is 0 Å². The van der Waals surface area contributed by atoms with E-state index in [9.17, 15) is 0 Å². The minimum absolute atomic E-state index is 0.121. The number of nitrogens with one attached hydrogen (secondary N) is 1. The largest absolute Gasteiger partial charge is 0.306 e. The third kappa shape index (κ3) is 3.94. The van der Waals surface area contributed by atoms with Crippen molar-refractivity contribution in [3.63, 3.8) is 0 Å². The third-order valence-corrected chi connectivity index (χ3v) is 3.46. The number of aryl methyl sites for hydroxylation is 2. The van der Waals surface area contributed by atoms with Crippen LogP contribution in [0.4, 0.5) is 0 Å². The molecular weight excluding hydrogens is 246 g/mol. The molecule has 1 aromatic heterocycles. The molecule has 0 spiro atoms. The van der Waals surface area contributed by atoms with Crippen LogP contribution in [-0.2, 0) is 13.1 Å². The van der Waals surface area contributed by atoms with Gasteiger partial charge in [-0.1, -0.05) is 18.2 Å². The molecule has 3 nitrogen and oxygen atoms in total. The molecule has 20 heavy (non-hydrogen) atoms. The number of rotatable bonds is 4. The van der Waals surface area contributed by atoms with Gasteiger partial charge in [-0.25, -0.2) is 0 Å². The first-order chi connectivity index (χ1) is 9.35. The van der Waals surface area contributed by atoms with E-state index < -0.39 is 0 Å². The normalized spacial score (nSPS) is 11.8. The van der Waals surface area contributed by atoms with E-state index in [0.717, 1.165) is 18.8 Å². The zero-order chi connectivity index (χ0) is 14.8. The van der Waals surface area contributed by atoms with Gasteiger partial charge in [-0.15, -0.1) is 0 Å².